The molecule has 4 N–H and O–H groups in total. The van der Waals surface area contributed by atoms with E-state index >= 15 is 0 Å². The number of nitrogens with one attached hydrogen (secondary N) is 4. The molecule has 0 aromatic heterocycles. The molecule has 2 rings (SSSR count). The molecule has 0 heterocycles. The number of carbonyl (C=O) groups excluding carboxylic acids is 1. The first-order chi connectivity index (χ1) is 13.0. The largest absolute Gasteiger partial charge is 0.352 e. The lowest BCUT2D eigenvalue weighted by molar-refractivity contribution is 0.250. The summed E-state index contributed by atoms with van der Waals surface area (Å²) in [7, 11) is 1.73. The minimum atomic E-state index is -0.206. The number of benzene rings is 2. The van der Waals surface area contributed by atoms with Gasteiger partial charge in [0.25, 0.3) is 0 Å². The van der Waals surface area contributed by atoms with Gasteiger partial charge >= 0.3 is 6.03 Å². The van der Waals surface area contributed by atoms with Crippen molar-refractivity contribution in [2.75, 3.05) is 12.4 Å². The third kappa shape index (κ3) is 7.58. The lowest BCUT2D eigenvalue weighted by Crippen LogP contribution is -2.36. The molecule has 0 spiro atoms. The summed E-state index contributed by atoms with van der Waals surface area (Å²) in [6.45, 7) is 5.12. The predicted molar refractivity (Wildman–Crippen MR) is 112 cm³/mol. The molecule has 0 atom stereocenters. The van der Waals surface area contributed by atoms with Gasteiger partial charge in [0.15, 0.2) is 5.96 Å². The Morgan fingerprint density at radius 3 is 1.96 bits per heavy atom. The van der Waals surface area contributed by atoms with Crippen molar-refractivity contribution in [2.24, 2.45) is 4.99 Å². The summed E-state index contributed by atoms with van der Waals surface area (Å²) in [5.41, 5.74) is 2.96. The van der Waals surface area contributed by atoms with Crippen LogP contribution in [0.2, 0.25) is 5.02 Å². The number of guanidine groups is 1. The maximum atomic E-state index is 11.7. The summed E-state index contributed by atoms with van der Waals surface area (Å²) in [5.74, 6) is 0.712. The number of carbonyl (C=O) groups is 1. The summed E-state index contributed by atoms with van der Waals surface area (Å²) in [4.78, 5) is 15.9. The zero-order valence-electron chi connectivity index (χ0n) is 15.8. The Bertz CT molecular complexity index is 757. The van der Waals surface area contributed by atoms with Crippen LogP contribution in [-0.4, -0.2) is 25.1 Å². The van der Waals surface area contributed by atoms with E-state index in [0.29, 0.717) is 19.0 Å². The molecule has 0 radical (unpaired) electrons. The van der Waals surface area contributed by atoms with Gasteiger partial charge < -0.3 is 21.3 Å². The summed E-state index contributed by atoms with van der Waals surface area (Å²) in [6.07, 6.45) is 0. The van der Waals surface area contributed by atoms with Crippen molar-refractivity contribution in [3.8, 4) is 0 Å². The topological polar surface area (TPSA) is 77.6 Å². The first-order valence-electron chi connectivity index (χ1n) is 8.81. The van der Waals surface area contributed by atoms with Crippen molar-refractivity contribution in [1.29, 1.82) is 0 Å². The third-order valence-electron chi connectivity index (χ3n) is 3.69. The number of halogens is 1. The number of amides is 2. The first kappa shape index (κ1) is 20.6. The molecular weight excluding hydrogens is 362 g/mol. The second-order valence-electron chi connectivity index (χ2n) is 6.36. The van der Waals surface area contributed by atoms with Gasteiger partial charge in [-0.15, -0.1) is 0 Å². The molecule has 6 nitrogen and oxygen atoms in total. The Morgan fingerprint density at radius 1 is 0.963 bits per heavy atom. The van der Waals surface area contributed by atoms with Gasteiger partial charge in [-0.25, -0.2) is 4.79 Å². The Labute approximate surface area is 165 Å². The van der Waals surface area contributed by atoms with E-state index in [2.05, 4.69) is 26.3 Å². The highest BCUT2D eigenvalue weighted by Crippen LogP contribution is 2.10. The van der Waals surface area contributed by atoms with Gasteiger partial charge in [-0.2, -0.15) is 0 Å². The lowest BCUT2D eigenvalue weighted by Gasteiger charge is -2.13. The monoisotopic (exact) mass is 387 g/mol. The highest BCUT2D eigenvalue weighted by atomic mass is 35.5. The smallest absolute Gasteiger partial charge is 0.319 e. The van der Waals surface area contributed by atoms with Crippen LogP contribution in [0, 0.1) is 0 Å². The Morgan fingerprint density at radius 2 is 1.48 bits per heavy atom. The van der Waals surface area contributed by atoms with Gasteiger partial charge in [-0.1, -0.05) is 35.9 Å². The van der Waals surface area contributed by atoms with E-state index in [1.54, 1.807) is 7.05 Å². The van der Waals surface area contributed by atoms with Crippen LogP contribution in [0.25, 0.3) is 0 Å². The summed E-state index contributed by atoms with van der Waals surface area (Å²) < 4.78 is 0. The van der Waals surface area contributed by atoms with Crippen molar-refractivity contribution in [3.05, 3.63) is 64.7 Å². The highest BCUT2D eigenvalue weighted by Gasteiger charge is 2.04. The van der Waals surface area contributed by atoms with Gasteiger partial charge in [0.05, 0.1) is 0 Å². The molecule has 0 unspecified atom stereocenters. The number of aliphatic imine (C=N–C) groups is 1. The summed E-state index contributed by atoms with van der Waals surface area (Å²) in [6, 6.07) is 15.3. The van der Waals surface area contributed by atoms with Crippen molar-refractivity contribution in [3.63, 3.8) is 0 Å². The number of rotatable bonds is 6. The molecule has 0 bridgehead atoms. The second kappa shape index (κ2) is 10.4. The fraction of sp³-hybridized carbons (Fsp3) is 0.300. The number of hydrogen-bond donors (Lipinski definition) is 4. The van der Waals surface area contributed by atoms with Crippen molar-refractivity contribution in [1.82, 2.24) is 16.0 Å². The van der Waals surface area contributed by atoms with E-state index in [4.69, 9.17) is 11.6 Å². The van der Waals surface area contributed by atoms with Crippen LogP contribution in [0.3, 0.4) is 0 Å². The van der Waals surface area contributed by atoms with Gasteiger partial charge in [-0.3, -0.25) is 4.99 Å². The van der Waals surface area contributed by atoms with Crippen molar-refractivity contribution in [2.45, 2.75) is 33.0 Å². The van der Waals surface area contributed by atoms with Crippen LogP contribution >= 0.6 is 11.6 Å². The first-order valence-corrected chi connectivity index (χ1v) is 9.19. The number of hydrogen-bond acceptors (Lipinski definition) is 2. The maximum Gasteiger partial charge on any atom is 0.319 e. The molecular formula is C20H26ClN5O. The molecule has 0 saturated carbocycles. The van der Waals surface area contributed by atoms with Crippen LogP contribution in [0.15, 0.2) is 53.5 Å². The minimum Gasteiger partial charge on any atom is -0.352 e. The second-order valence-corrected chi connectivity index (χ2v) is 6.79. The zero-order chi connectivity index (χ0) is 19.6. The van der Waals surface area contributed by atoms with Crippen molar-refractivity contribution < 1.29 is 4.79 Å². The van der Waals surface area contributed by atoms with E-state index in [9.17, 15) is 4.79 Å². The molecule has 0 aliphatic carbocycles. The normalized spacial score (nSPS) is 11.2. The molecule has 2 aromatic carbocycles. The Kier molecular flexibility index (Phi) is 7.95. The molecule has 2 aromatic rings. The van der Waals surface area contributed by atoms with E-state index in [1.165, 1.54) is 0 Å². The SMILES string of the molecule is CN=C(NCc1ccc(Cl)cc1)NCc1ccc(NC(=O)NC(C)C)cc1. The lowest BCUT2D eigenvalue weighted by atomic mass is 10.2. The maximum absolute atomic E-state index is 11.7. The van der Waals surface area contributed by atoms with E-state index in [-0.39, 0.29) is 12.1 Å². The minimum absolute atomic E-state index is 0.0978. The van der Waals surface area contributed by atoms with Crippen LogP contribution < -0.4 is 21.3 Å². The molecule has 0 aliphatic heterocycles. The number of anilines is 1. The molecule has 27 heavy (non-hydrogen) atoms. The van der Waals surface area contributed by atoms with Crippen LogP contribution in [-0.2, 0) is 13.1 Å². The fourth-order valence-corrected chi connectivity index (χ4v) is 2.46. The third-order valence-corrected chi connectivity index (χ3v) is 3.94. The van der Waals surface area contributed by atoms with E-state index in [1.807, 2.05) is 62.4 Å². The quantitative estimate of drug-likeness (QED) is 0.450. The van der Waals surface area contributed by atoms with Crippen molar-refractivity contribution >= 4 is 29.3 Å². The van der Waals surface area contributed by atoms with Gasteiger partial charge in [0.1, 0.15) is 0 Å². The zero-order valence-corrected chi connectivity index (χ0v) is 16.6. The van der Waals surface area contributed by atoms with Crippen LogP contribution in [0.4, 0.5) is 10.5 Å². The molecule has 2 amide bonds. The average molecular weight is 388 g/mol. The predicted octanol–water partition coefficient (Wildman–Crippen LogP) is 3.74. The van der Waals surface area contributed by atoms with Gasteiger partial charge in [0, 0.05) is 36.9 Å². The summed E-state index contributed by atoms with van der Waals surface area (Å²) >= 11 is 5.90. The standard InChI is InChI=1S/C20H26ClN5O/c1-14(2)25-20(27)26-18-10-6-16(7-11-18)13-24-19(22-3)23-12-15-4-8-17(21)9-5-15/h4-11,14H,12-13H2,1-3H3,(H2,22,23,24)(H2,25,26,27). The Balaban J connectivity index is 1.80. The van der Waals surface area contributed by atoms with Gasteiger partial charge in [-0.05, 0) is 49.2 Å². The van der Waals surface area contributed by atoms with Gasteiger partial charge in [0.2, 0.25) is 0 Å². The van der Waals surface area contributed by atoms with E-state index < -0.39 is 0 Å². The average Bonchev–Trinajstić information content (AvgIpc) is 2.64. The van der Waals surface area contributed by atoms with Crippen LogP contribution in [0.5, 0.6) is 0 Å². The molecule has 144 valence electrons. The molecule has 7 heteroatoms. The Hall–Kier alpha value is -2.73. The van der Waals surface area contributed by atoms with E-state index in [0.717, 1.165) is 21.8 Å². The number of urea groups is 1. The molecule has 0 fully saturated rings. The van der Waals surface area contributed by atoms with Crippen LogP contribution in [0.1, 0.15) is 25.0 Å². The fourth-order valence-electron chi connectivity index (χ4n) is 2.33. The molecule has 0 aliphatic rings. The summed E-state index contributed by atoms with van der Waals surface area (Å²) in [5, 5.41) is 12.8. The highest BCUT2D eigenvalue weighted by molar-refractivity contribution is 6.30. The molecule has 0 saturated heterocycles. The number of nitrogens with zero attached hydrogens (tertiary/aromatic N) is 1.